The van der Waals surface area contributed by atoms with Crippen LogP contribution in [0.15, 0.2) is 59.6 Å². The Morgan fingerprint density at radius 1 is 1.15 bits per heavy atom. The average molecular weight is 462 g/mol. The van der Waals surface area contributed by atoms with Crippen molar-refractivity contribution in [1.82, 2.24) is 19.2 Å². The van der Waals surface area contributed by atoms with Crippen LogP contribution in [0.3, 0.4) is 0 Å². The number of anilines is 2. The Bertz CT molecular complexity index is 1230. The van der Waals surface area contributed by atoms with Crippen LogP contribution in [0.2, 0.25) is 0 Å². The zero-order valence-electron chi connectivity index (χ0n) is 18.1. The van der Waals surface area contributed by atoms with Gasteiger partial charge in [-0.1, -0.05) is 18.2 Å². The summed E-state index contributed by atoms with van der Waals surface area (Å²) in [5.74, 6) is -0.523. The van der Waals surface area contributed by atoms with Gasteiger partial charge in [0.05, 0.1) is 28.4 Å². The Kier molecular flexibility index (Phi) is 6.74. The van der Waals surface area contributed by atoms with Crippen LogP contribution in [0.5, 0.6) is 0 Å². The van der Waals surface area contributed by atoms with E-state index in [1.165, 1.54) is 6.20 Å². The van der Waals surface area contributed by atoms with Gasteiger partial charge in [0.15, 0.2) is 11.5 Å². The fourth-order valence-electron chi connectivity index (χ4n) is 3.41. The normalized spacial score (nSPS) is 15.5. The van der Waals surface area contributed by atoms with Gasteiger partial charge in [-0.15, -0.1) is 0 Å². The first-order chi connectivity index (χ1) is 15.9. The Balaban J connectivity index is 1.51. The van der Waals surface area contributed by atoms with Gasteiger partial charge in [-0.25, -0.2) is 18.5 Å². The van der Waals surface area contributed by atoms with Gasteiger partial charge < -0.3 is 16.0 Å². The van der Waals surface area contributed by atoms with Crippen LogP contribution in [-0.4, -0.2) is 62.5 Å². The lowest BCUT2D eigenvalue weighted by molar-refractivity contribution is 0.102. The molecule has 9 nitrogen and oxygen atoms in total. The Labute approximate surface area is 194 Å². The minimum absolute atomic E-state index is 0.000443. The van der Waals surface area contributed by atoms with E-state index < -0.39 is 16.9 Å². The molecule has 2 aromatic carbocycles. The van der Waals surface area contributed by atoms with Crippen LogP contribution in [-0.2, 0) is 11.0 Å². The van der Waals surface area contributed by atoms with E-state index in [1.807, 2.05) is 22.5 Å². The van der Waals surface area contributed by atoms with Gasteiger partial charge >= 0.3 is 0 Å². The van der Waals surface area contributed by atoms with Gasteiger partial charge in [0, 0.05) is 37.4 Å². The van der Waals surface area contributed by atoms with Crippen LogP contribution < -0.4 is 11.1 Å². The summed E-state index contributed by atoms with van der Waals surface area (Å²) in [5.41, 5.74) is 7.96. The van der Waals surface area contributed by atoms with E-state index in [9.17, 15) is 9.00 Å². The number of nitriles is 1. The van der Waals surface area contributed by atoms with Gasteiger partial charge in [0.1, 0.15) is 11.0 Å². The van der Waals surface area contributed by atoms with E-state index in [2.05, 4.69) is 27.2 Å². The van der Waals surface area contributed by atoms with Crippen molar-refractivity contribution in [3.05, 3.63) is 66.0 Å². The number of nitrogens with one attached hydrogen (secondary N) is 1. The summed E-state index contributed by atoms with van der Waals surface area (Å²) in [7, 11) is 0.829. The van der Waals surface area contributed by atoms with Crippen molar-refractivity contribution >= 4 is 28.4 Å². The van der Waals surface area contributed by atoms with E-state index in [0.717, 1.165) is 31.7 Å². The number of nitrogen functional groups attached to an aromatic ring is 1. The lowest BCUT2D eigenvalue weighted by atomic mass is 10.1. The zero-order valence-corrected chi connectivity index (χ0v) is 18.9. The number of amides is 1. The quantitative estimate of drug-likeness (QED) is 0.595. The number of carbonyl (C=O) groups excluding carboxylic acids is 1. The maximum Gasteiger partial charge on any atom is 0.278 e. The van der Waals surface area contributed by atoms with Crippen molar-refractivity contribution in [3.8, 4) is 17.3 Å². The molecule has 2 heterocycles. The molecule has 1 aliphatic heterocycles. The number of hydrogen-bond acceptors (Lipinski definition) is 7. The highest BCUT2D eigenvalue weighted by molar-refractivity contribution is 7.82. The summed E-state index contributed by atoms with van der Waals surface area (Å²) in [6, 6.07) is 15.8. The molecule has 1 atom stereocenters. The first kappa shape index (κ1) is 22.5. The largest absolute Gasteiger partial charge is 0.382 e. The predicted octanol–water partition coefficient (Wildman–Crippen LogP) is 2.12. The standard InChI is InChI=1S/C23H23N7O2S/c1-29-9-11-30(12-10-29)33(32)19-7-5-17(6-8-19)20-15-26-22(25)21(28-20)23(31)27-18-4-2-3-16(13-18)14-24/h2-8,13,15H,9-12H2,1H3,(H2,25,26)(H,27,31). The summed E-state index contributed by atoms with van der Waals surface area (Å²) in [6.45, 7) is 3.28. The van der Waals surface area contributed by atoms with E-state index in [1.54, 1.807) is 36.4 Å². The molecule has 10 heteroatoms. The highest BCUT2D eigenvalue weighted by Gasteiger charge is 2.20. The predicted molar refractivity (Wildman–Crippen MR) is 126 cm³/mol. The van der Waals surface area contributed by atoms with Crippen molar-refractivity contribution < 1.29 is 9.00 Å². The van der Waals surface area contributed by atoms with Gasteiger partial charge in [-0.3, -0.25) is 4.79 Å². The molecule has 1 saturated heterocycles. The SMILES string of the molecule is CN1CCN(S(=O)c2ccc(-c3cnc(N)c(C(=O)Nc4cccc(C#N)c4)n3)cc2)CC1. The number of nitrogens with zero attached hydrogens (tertiary/aromatic N) is 5. The zero-order chi connectivity index (χ0) is 23.4. The monoisotopic (exact) mass is 461 g/mol. The smallest absolute Gasteiger partial charge is 0.278 e. The van der Waals surface area contributed by atoms with Crippen molar-refractivity contribution in [2.45, 2.75) is 4.90 Å². The molecule has 3 N–H and O–H groups in total. The number of carbonyl (C=O) groups is 1. The molecule has 0 saturated carbocycles. The van der Waals surface area contributed by atoms with Crippen molar-refractivity contribution in [1.29, 1.82) is 5.26 Å². The summed E-state index contributed by atoms with van der Waals surface area (Å²) >= 11 is 0. The van der Waals surface area contributed by atoms with E-state index >= 15 is 0 Å². The van der Waals surface area contributed by atoms with E-state index in [0.29, 0.717) is 21.8 Å². The van der Waals surface area contributed by atoms with Crippen molar-refractivity contribution in [3.63, 3.8) is 0 Å². The lowest BCUT2D eigenvalue weighted by Gasteiger charge is -2.31. The van der Waals surface area contributed by atoms with E-state index in [-0.39, 0.29) is 11.5 Å². The third-order valence-corrected chi connectivity index (χ3v) is 6.82. The summed E-state index contributed by atoms with van der Waals surface area (Å²) in [5, 5.41) is 11.7. The van der Waals surface area contributed by atoms with E-state index in [4.69, 9.17) is 11.0 Å². The third-order valence-electron chi connectivity index (χ3n) is 5.31. The molecule has 1 unspecified atom stereocenters. The Morgan fingerprint density at radius 2 is 1.88 bits per heavy atom. The molecule has 168 valence electrons. The number of nitrogens with two attached hydrogens (primary N) is 1. The summed E-state index contributed by atoms with van der Waals surface area (Å²) in [6.07, 6.45) is 1.49. The van der Waals surface area contributed by atoms with Crippen LogP contribution in [0.25, 0.3) is 11.3 Å². The molecule has 3 aromatic rings. The molecule has 1 aromatic heterocycles. The second kappa shape index (κ2) is 9.87. The fourth-order valence-corrected chi connectivity index (χ4v) is 4.57. The molecule has 0 bridgehead atoms. The van der Waals surface area contributed by atoms with Crippen LogP contribution >= 0.6 is 0 Å². The number of hydrogen-bond donors (Lipinski definition) is 2. The van der Waals surface area contributed by atoms with Crippen molar-refractivity contribution in [2.75, 3.05) is 44.3 Å². The number of rotatable bonds is 5. The van der Waals surface area contributed by atoms with Crippen LogP contribution in [0, 0.1) is 11.3 Å². The number of piperazine rings is 1. The summed E-state index contributed by atoms with van der Waals surface area (Å²) in [4.78, 5) is 24.2. The first-order valence-corrected chi connectivity index (χ1v) is 11.4. The molecule has 33 heavy (non-hydrogen) atoms. The Hall–Kier alpha value is -3.65. The maximum absolute atomic E-state index is 12.9. The second-order valence-electron chi connectivity index (χ2n) is 7.64. The minimum Gasteiger partial charge on any atom is -0.382 e. The minimum atomic E-state index is -1.23. The molecule has 1 fully saturated rings. The molecular weight excluding hydrogens is 438 g/mol. The first-order valence-electron chi connectivity index (χ1n) is 10.3. The van der Waals surface area contributed by atoms with Gasteiger partial charge in [-0.05, 0) is 37.4 Å². The fraction of sp³-hybridized carbons (Fsp3) is 0.217. The summed E-state index contributed by atoms with van der Waals surface area (Å²) < 4.78 is 14.8. The molecule has 0 spiro atoms. The van der Waals surface area contributed by atoms with Crippen LogP contribution in [0.1, 0.15) is 16.1 Å². The van der Waals surface area contributed by atoms with Gasteiger partial charge in [0.2, 0.25) is 0 Å². The lowest BCUT2D eigenvalue weighted by Crippen LogP contribution is -2.45. The molecule has 4 rings (SSSR count). The highest BCUT2D eigenvalue weighted by atomic mass is 32.2. The molecule has 0 aliphatic carbocycles. The third kappa shape index (κ3) is 5.23. The number of aromatic nitrogens is 2. The molecule has 1 aliphatic rings. The van der Waals surface area contributed by atoms with Crippen molar-refractivity contribution in [2.24, 2.45) is 0 Å². The highest BCUT2D eigenvalue weighted by Crippen LogP contribution is 2.22. The van der Waals surface area contributed by atoms with Gasteiger partial charge in [0.25, 0.3) is 5.91 Å². The van der Waals surface area contributed by atoms with Gasteiger partial charge in [-0.2, -0.15) is 5.26 Å². The Morgan fingerprint density at radius 3 is 2.58 bits per heavy atom. The molecular formula is C23H23N7O2S. The average Bonchev–Trinajstić information content (AvgIpc) is 2.84. The number of likely N-dealkylation sites (N-methyl/N-ethyl adjacent to an activating group) is 1. The topological polar surface area (TPSA) is 128 Å². The number of benzene rings is 2. The second-order valence-corrected chi connectivity index (χ2v) is 9.13. The van der Waals surface area contributed by atoms with Crippen LogP contribution in [0.4, 0.5) is 11.5 Å². The molecule has 0 radical (unpaired) electrons. The maximum atomic E-state index is 12.9. The molecule has 1 amide bonds.